The Morgan fingerprint density at radius 2 is 1.79 bits per heavy atom. The molecule has 0 fully saturated rings. The molecule has 0 spiro atoms. The average molecular weight is 581 g/mol. The summed E-state index contributed by atoms with van der Waals surface area (Å²) < 4.78 is 22.1. The van der Waals surface area contributed by atoms with Gasteiger partial charge in [0.2, 0.25) is 0 Å². The zero-order chi connectivity index (χ0) is 29.8. The summed E-state index contributed by atoms with van der Waals surface area (Å²) in [6, 6.07) is 22.8. The standard InChI is InChI=1S/C33H26ClFN4O3/c1-3-15-42-30-14-13-22(17-29(30)35)31-24(20-39(37-31)25-10-5-4-6-11-25)16-26-21(2)27(18-36)33(41)38(32(26)40)19-23-9-7-8-12-28(23)34/h4-14,16-17,20H,3,15,19H2,1-2H3/b26-16+. The van der Waals surface area contributed by atoms with Gasteiger partial charge in [0.05, 0.1) is 18.8 Å². The van der Waals surface area contributed by atoms with Crippen LogP contribution in [-0.2, 0) is 16.1 Å². The third-order valence-electron chi connectivity index (χ3n) is 6.84. The normalized spacial score (nSPS) is 14.5. The average Bonchev–Trinajstić information content (AvgIpc) is 3.42. The number of nitriles is 1. The fourth-order valence-electron chi connectivity index (χ4n) is 4.63. The van der Waals surface area contributed by atoms with E-state index in [0.717, 1.165) is 17.0 Å². The van der Waals surface area contributed by atoms with Crippen LogP contribution in [0.4, 0.5) is 4.39 Å². The van der Waals surface area contributed by atoms with E-state index in [1.165, 1.54) is 6.07 Å². The number of hydrogen-bond acceptors (Lipinski definition) is 5. The Hall–Kier alpha value is -5.00. The van der Waals surface area contributed by atoms with Crippen molar-refractivity contribution < 1.29 is 18.7 Å². The molecule has 2 amide bonds. The minimum absolute atomic E-state index is 0.103. The molecular formula is C33H26ClFN4O3. The van der Waals surface area contributed by atoms with Crippen LogP contribution in [-0.4, -0.2) is 33.1 Å². The highest BCUT2D eigenvalue weighted by Gasteiger charge is 2.36. The first-order chi connectivity index (χ1) is 20.3. The SMILES string of the molecule is CCCOc1ccc(-c2nn(-c3ccccc3)cc2/C=C2/C(=O)N(Cc3ccccc3Cl)C(=O)C(C#N)=C2C)cc1F. The molecule has 9 heteroatoms. The van der Waals surface area contributed by atoms with Gasteiger partial charge in [-0.2, -0.15) is 10.4 Å². The number of halogens is 2. The van der Waals surface area contributed by atoms with Crippen LogP contribution in [0.3, 0.4) is 0 Å². The zero-order valence-electron chi connectivity index (χ0n) is 23.0. The highest BCUT2D eigenvalue weighted by molar-refractivity contribution is 6.31. The number of para-hydroxylation sites is 1. The second kappa shape index (κ2) is 12.2. The number of amides is 2. The summed E-state index contributed by atoms with van der Waals surface area (Å²) in [6.07, 6.45) is 4.04. The van der Waals surface area contributed by atoms with Crippen LogP contribution in [0.2, 0.25) is 5.02 Å². The number of hydrogen-bond donors (Lipinski definition) is 0. The molecule has 7 nitrogen and oxygen atoms in total. The molecule has 0 saturated heterocycles. The van der Waals surface area contributed by atoms with Gasteiger partial charge in [0.1, 0.15) is 17.3 Å². The molecule has 42 heavy (non-hydrogen) atoms. The summed E-state index contributed by atoms with van der Waals surface area (Å²) in [7, 11) is 0. The lowest BCUT2D eigenvalue weighted by Gasteiger charge is -2.27. The Kier molecular flexibility index (Phi) is 8.32. The van der Waals surface area contributed by atoms with Crippen LogP contribution in [0, 0.1) is 17.1 Å². The van der Waals surface area contributed by atoms with E-state index in [1.807, 2.05) is 43.3 Å². The van der Waals surface area contributed by atoms with Crippen LogP contribution in [0.25, 0.3) is 23.0 Å². The fourth-order valence-corrected chi connectivity index (χ4v) is 4.83. The first kappa shape index (κ1) is 28.5. The second-order valence-electron chi connectivity index (χ2n) is 9.66. The number of ether oxygens (including phenoxy) is 1. The van der Waals surface area contributed by atoms with Crippen molar-refractivity contribution in [3.8, 4) is 28.8 Å². The summed E-state index contributed by atoms with van der Waals surface area (Å²) in [5.74, 6) is -1.68. The van der Waals surface area contributed by atoms with E-state index in [2.05, 4.69) is 0 Å². The van der Waals surface area contributed by atoms with Gasteiger partial charge in [-0.05, 0) is 67.0 Å². The molecule has 0 N–H and O–H groups in total. The van der Waals surface area contributed by atoms with Gasteiger partial charge in [-0.15, -0.1) is 0 Å². The number of aromatic nitrogens is 2. The maximum absolute atomic E-state index is 15.0. The molecule has 5 rings (SSSR count). The van der Waals surface area contributed by atoms with E-state index in [1.54, 1.807) is 60.3 Å². The van der Waals surface area contributed by atoms with Crippen molar-refractivity contribution in [3.63, 3.8) is 0 Å². The van der Waals surface area contributed by atoms with Gasteiger partial charge in [0.25, 0.3) is 11.8 Å². The quantitative estimate of drug-likeness (QED) is 0.167. The summed E-state index contributed by atoms with van der Waals surface area (Å²) in [4.78, 5) is 28.0. The molecule has 4 aromatic rings. The van der Waals surface area contributed by atoms with Gasteiger partial charge in [0, 0.05) is 27.9 Å². The minimum atomic E-state index is -0.693. The van der Waals surface area contributed by atoms with Crippen LogP contribution >= 0.6 is 11.6 Å². The van der Waals surface area contributed by atoms with Crippen LogP contribution in [0.1, 0.15) is 31.4 Å². The van der Waals surface area contributed by atoms with Crippen molar-refractivity contribution in [2.24, 2.45) is 0 Å². The summed E-state index contributed by atoms with van der Waals surface area (Å²) in [5, 5.41) is 15.0. The number of rotatable bonds is 8. The largest absolute Gasteiger partial charge is 0.491 e. The van der Waals surface area contributed by atoms with Crippen LogP contribution in [0.5, 0.6) is 5.75 Å². The lowest BCUT2D eigenvalue weighted by atomic mass is 9.93. The summed E-state index contributed by atoms with van der Waals surface area (Å²) in [5.41, 5.74) is 2.93. The molecule has 1 aliphatic rings. The second-order valence-corrected chi connectivity index (χ2v) is 10.1. The molecule has 210 valence electrons. The van der Waals surface area contributed by atoms with Gasteiger partial charge >= 0.3 is 0 Å². The molecule has 0 atom stereocenters. The smallest absolute Gasteiger partial charge is 0.271 e. The maximum Gasteiger partial charge on any atom is 0.271 e. The molecule has 0 unspecified atom stereocenters. The van der Waals surface area contributed by atoms with Crippen molar-refractivity contribution in [2.45, 2.75) is 26.8 Å². The lowest BCUT2D eigenvalue weighted by molar-refractivity contribution is -0.141. The van der Waals surface area contributed by atoms with Gasteiger partial charge in [0.15, 0.2) is 11.6 Å². The number of carbonyl (C=O) groups excluding carboxylic acids is 2. The van der Waals surface area contributed by atoms with Gasteiger partial charge < -0.3 is 4.74 Å². The van der Waals surface area contributed by atoms with Crippen LogP contribution in [0.15, 0.2) is 95.7 Å². The predicted molar refractivity (Wildman–Crippen MR) is 158 cm³/mol. The van der Waals surface area contributed by atoms with E-state index in [-0.39, 0.29) is 29.0 Å². The molecule has 1 aromatic heterocycles. The van der Waals surface area contributed by atoms with Crippen molar-refractivity contribution in [3.05, 3.63) is 118 Å². The lowest BCUT2D eigenvalue weighted by Crippen LogP contribution is -2.42. The van der Waals surface area contributed by atoms with Crippen molar-refractivity contribution >= 4 is 29.5 Å². The molecular weight excluding hydrogens is 555 g/mol. The van der Waals surface area contributed by atoms with Crippen molar-refractivity contribution in [2.75, 3.05) is 6.61 Å². The molecule has 3 aromatic carbocycles. The van der Waals surface area contributed by atoms with E-state index >= 15 is 4.39 Å². The molecule has 0 saturated carbocycles. The van der Waals surface area contributed by atoms with Gasteiger partial charge in [-0.25, -0.2) is 9.07 Å². The number of imide groups is 1. The van der Waals surface area contributed by atoms with E-state index in [0.29, 0.717) is 34.0 Å². The molecule has 0 aliphatic carbocycles. The number of nitrogens with zero attached hydrogens (tertiary/aromatic N) is 4. The van der Waals surface area contributed by atoms with Crippen molar-refractivity contribution in [1.29, 1.82) is 5.26 Å². The van der Waals surface area contributed by atoms with Gasteiger partial charge in [-0.3, -0.25) is 14.5 Å². The van der Waals surface area contributed by atoms with E-state index < -0.39 is 17.6 Å². The summed E-state index contributed by atoms with van der Waals surface area (Å²) in [6.45, 7) is 3.78. The topological polar surface area (TPSA) is 88.2 Å². The Morgan fingerprint density at radius 3 is 2.48 bits per heavy atom. The summed E-state index contributed by atoms with van der Waals surface area (Å²) >= 11 is 6.31. The number of benzene rings is 3. The third kappa shape index (κ3) is 5.60. The first-order valence-electron chi connectivity index (χ1n) is 13.3. The Morgan fingerprint density at radius 1 is 1.05 bits per heavy atom. The Balaban J connectivity index is 1.64. The fraction of sp³-hybridized carbons (Fsp3) is 0.152. The molecule has 0 radical (unpaired) electrons. The highest BCUT2D eigenvalue weighted by atomic mass is 35.5. The van der Waals surface area contributed by atoms with E-state index in [4.69, 9.17) is 21.4 Å². The van der Waals surface area contributed by atoms with Crippen molar-refractivity contribution in [1.82, 2.24) is 14.7 Å². The number of carbonyl (C=O) groups is 2. The Bertz CT molecular complexity index is 1790. The first-order valence-corrected chi connectivity index (χ1v) is 13.7. The Labute approximate surface area is 247 Å². The molecule has 1 aliphatic heterocycles. The zero-order valence-corrected chi connectivity index (χ0v) is 23.7. The predicted octanol–water partition coefficient (Wildman–Crippen LogP) is 6.91. The molecule has 0 bridgehead atoms. The molecule has 2 heterocycles. The third-order valence-corrected chi connectivity index (χ3v) is 7.21. The minimum Gasteiger partial charge on any atom is -0.491 e. The van der Waals surface area contributed by atoms with Crippen LogP contribution < -0.4 is 4.74 Å². The van der Waals surface area contributed by atoms with Gasteiger partial charge in [-0.1, -0.05) is 54.9 Å². The van der Waals surface area contributed by atoms with E-state index in [9.17, 15) is 14.9 Å². The maximum atomic E-state index is 15.0. The highest BCUT2D eigenvalue weighted by Crippen LogP contribution is 2.33. The monoisotopic (exact) mass is 580 g/mol.